The van der Waals surface area contributed by atoms with Crippen molar-refractivity contribution < 1.29 is 14.6 Å². The Morgan fingerprint density at radius 1 is 1.45 bits per heavy atom. The van der Waals surface area contributed by atoms with Gasteiger partial charge in [0.25, 0.3) is 0 Å². The molecular weight excluding hydrogens is 278 g/mol. The largest absolute Gasteiger partial charge is 0.495 e. The van der Waals surface area contributed by atoms with Gasteiger partial charge in [0.2, 0.25) is 0 Å². The summed E-state index contributed by atoms with van der Waals surface area (Å²) in [7, 11) is 1.58. The van der Waals surface area contributed by atoms with E-state index in [0.29, 0.717) is 10.8 Å². The summed E-state index contributed by atoms with van der Waals surface area (Å²) >= 11 is 6.14. The average molecular weight is 296 g/mol. The first kappa shape index (κ1) is 14.7. The van der Waals surface area contributed by atoms with Gasteiger partial charge in [0.15, 0.2) is 0 Å². The number of halogens is 1. The fraction of sp³-hybridized carbons (Fsp3) is 0.400. The number of ether oxygens (including phenoxy) is 1. The van der Waals surface area contributed by atoms with Crippen LogP contribution in [0.15, 0.2) is 18.3 Å². The zero-order valence-corrected chi connectivity index (χ0v) is 12.4. The number of aliphatic carboxylic acids is 1. The number of hydrogen-bond acceptors (Lipinski definition) is 2. The van der Waals surface area contributed by atoms with Crippen molar-refractivity contribution in [3.05, 3.63) is 28.9 Å². The van der Waals surface area contributed by atoms with Gasteiger partial charge in [0.1, 0.15) is 12.3 Å². The molecule has 1 heterocycles. The first-order valence-electron chi connectivity index (χ1n) is 6.63. The predicted octanol–water partition coefficient (Wildman–Crippen LogP) is 3.73. The number of carboxylic acids is 1. The lowest BCUT2D eigenvalue weighted by atomic mass is 10.1. The number of carboxylic acid groups (broad SMARTS) is 1. The Labute approximate surface area is 122 Å². The topological polar surface area (TPSA) is 51.5 Å². The van der Waals surface area contributed by atoms with E-state index >= 15 is 0 Å². The first-order valence-corrected chi connectivity index (χ1v) is 7.01. The van der Waals surface area contributed by atoms with Crippen LogP contribution in [0, 0.1) is 0 Å². The molecule has 2 aromatic rings. The molecule has 0 aliphatic rings. The minimum atomic E-state index is -0.865. The first-order chi connectivity index (χ1) is 9.56. The van der Waals surface area contributed by atoms with Crippen LogP contribution < -0.4 is 4.74 Å². The van der Waals surface area contributed by atoms with Crippen molar-refractivity contribution in [2.75, 3.05) is 7.11 Å². The number of nitrogens with zero attached hydrogens (tertiary/aromatic N) is 1. The van der Waals surface area contributed by atoms with Crippen molar-refractivity contribution in [1.29, 1.82) is 0 Å². The number of methoxy groups -OCH3 is 1. The normalized spacial score (nSPS) is 10.9. The highest BCUT2D eigenvalue weighted by atomic mass is 35.5. The zero-order chi connectivity index (χ0) is 14.7. The molecule has 108 valence electrons. The van der Waals surface area contributed by atoms with Crippen LogP contribution in [0.25, 0.3) is 10.9 Å². The molecule has 0 amide bonds. The van der Waals surface area contributed by atoms with Gasteiger partial charge in [0, 0.05) is 11.6 Å². The van der Waals surface area contributed by atoms with E-state index in [-0.39, 0.29) is 6.54 Å². The van der Waals surface area contributed by atoms with E-state index in [2.05, 4.69) is 6.92 Å². The summed E-state index contributed by atoms with van der Waals surface area (Å²) in [5, 5.41) is 10.5. The Hall–Kier alpha value is -1.68. The molecule has 0 saturated carbocycles. The summed E-state index contributed by atoms with van der Waals surface area (Å²) in [6, 6.07) is 3.66. The van der Waals surface area contributed by atoms with Crippen molar-refractivity contribution in [1.82, 2.24) is 4.57 Å². The van der Waals surface area contributed by atoms with Crippen molar-refractivity contribution in [2.45, 2.75) is 32.7 Å². The number of carbonyl (C=O) groups is 1. The van der Waals surface area contributed by atoms with Crippen molar-refractivity contribution in [3.8, 4) is 5.75 Å². The number of unbranched alkanes of at least 4 members (excludes halogenated alkanes) is 1. The molecule has 0 radical (unpaired) electrons. The number of aromatic nitrogens is 1. The molecule has 5 heteroatoms. The van der Waals surface area contributed by atoms with E-state index in [1.54, 1.807) is 17.7 Å². The molecule has 4 nitrogen and oxygen atoms in total. The van der Waals surface area contributed by atoms with Gasteiger partial charge in [0.05, 0.1) is 17.6 Å². The van der Waals surface area contributed by atoms with Gasteiger partial charge >= 0.3 is 5.97 Å². The second kappa shape index (κ2) is 6.18. The average Bonchev–Trinajstić information content (AvgIpc) is 2.72. The maximum atomic E-state index is 11.0. The van der Waals surface area contributed by atoms with E-state index < -0.39 is 5.97 Å². The standard InChI is InChI=1S/C15H18ClNO3/c1-3-4-5-10-8-17(9-15(18)19)13-7-12(16)14(20-2)6-11(10)13/h6-8H,3-5,9H2,1-2H3,(H,18,19). The highest BCUT2D eigenvalue weighted by Crippen LogP contribution is 2.33. The third-order valence-electron chi connectivity index (χ3n) is 3.34. The molecule has 0 bridgehead atoms. The fourth-order valence-electron chi connectivity index (χ4n) is 2.36. The van der Waals surface area contributed by atoms with Crippen LogP contribution >= 0.6 is 11.6 Å². The number of benzene rings is 1. The molecule has 0 spiro atoms. The van der Waals surface area contributed by atoms with Crippen LogP contribution in [0.4, 0.5) is 0 Å². The van der Waals surface area contributed by atoms with E-state index in [1.165, 1.54) is 0 Å². The van der Waals surface area contributed by atoms with E-state index in [0.717, 1.165) is 35.7 Å². The zero-order valence-electron chi connectivity index (χ0n) is 11.6. The van der Waals surface area contributed by atoms with Gasteiger partial charge < -0.3 is 14.4 Å². The molecule has 0 saturated heterocycles. The highest BCUT2D eigenvalue weighted by Gasteiger charge is 2.13. The molecule has 1 N–H and O–H groups in total. The highest BCUT2D eigenvalue weighted by molar-refractivity contribution is 6.32. The van der Waals surface area contributed by atoms with Gasteiger partial charge in [-0.2, -0.15) is 0 Å². The van der Waals surface area contributed by atoms with Crippen LogP contribution in [0.2, 0.25) is 5.02 Å². The Bertz CT molecular complexity index is 634. The summed E-state index contributed by atoms with van der Waals surface area (Å²) in [6.07, 6.45) is 4.99. The molecule has 20 heavy (non-hydrogen) atoms. The van der Waals surface area contributed by atoms with E-state index in [9.17, 15) is 4.79 Å². The SMILES string of the molecule is CCCCc1cn(CC(=O)O)c2cc(Cl)c(OC)cc12. The van der Waals surface area contributed by atoms with Gasteiger partial charge in [-0.25, -0.2) is 0 Å². The van der Waals surface area contributed by atoms with Crippen LogP contribution in [0.5, 0.6) is 5.75 Å². The van der Waals surface area contributed by atoms with Crippen molar-refractivity contribution >= 4 is 28.5 Å². The second-order valence-electron chi connectivity index (χ2n) is 4.78. The quantitative estimate of drug-likeness (QED) is 0.883. The summed E-state index contributed by atoms with van der Waals surface area (Å²) in [5.41, 5.74) is 1.97. The second-order valence-corrected chi connectivity index (χ2v) is 5.19. The van der Waals surface area contributed by atoms with Crippen molar-refractivity contribution in [2.24, 2.45) is 0 Å². The molecule has 1 aromatic heterocycles. The van der Waals surface area contributed by atoms with E-state index in [1.807, 2.05) is 12.3 Å². The monoisotopic (exact) mass is 295 g/mol. The van der Waals surface area contributed by atoms with Crippen LogP contribution in [0.1, 0.15) is 25.3 Å². The van der Waals surface area contributed by atoms with Gasteiger partial charge in [-0.15, -0.1) is 0 Å². The maximum Gasteiger partial charge on any atom is 0.323 e. The third-order valence-corrected chi connectivity index (χ3v) is 3.64. The summed E-state index contributed by atoms with van der Waals surface area (Å²) in [6.45, 7) is 2.07. The minimum Gasteiger partial charge on any atom is -0.495 e. The van der Waals surface area contributed by atoms with E-state index in [4.69, 9.17) is 21.4 Å². The summed E-state index contributed by atoms with van der Waals surface area (Å²) < 4.78 is 6.98. The van der Waals surface area contributed by atoms with Crippen LogP contribution in [0.3, 0.4) is 0 Å². The molecular formula is C15H18ClNO3. The number of rotatable bonds is 6. The minimum absolute atomic E-state index is 0.0642. The van der Waals surface area contributed by atoms with Gasteiger partial charge in [-0.1, -0.05) is 24.9 Å². The maximum absolute atomic E-state index is 11.0. The Morgan fingerprint density at radius 2 is 2.20 bits per heavy atom. The molecule has 0 unspecified atom stereocenters. The van der Waals surface area contributed by atoms with Crippen molar-refractivity contribution in [3.63, 3.8) is 0 Å². The predicted molar refractivity (Wildman–Crippen MR) is 79.7 cm³/mol. The van der Waals surface area contributed by atoms with Crippen LogP contribution in [-0.4, -0.2) is 22.8 Å². The van der Waals surface area contributed by atoms with Crippen LogP contribution in [-0.2, 0) is 17.8 Å². The Morgan fingerprint density at radius 3 is 2.80 bits per heavy atom. The lowest BCUT2D eigenvalue weighted by Crippen LogP contribution is -2.07. The number of fused-ring (bicyclic) bond motifs is 1. The Balaban J connectivity index is 2.56. The van der Waals surface area contributed by atoms with Gasteiger partial charge in [-0.05, 0) is 30.5 Å². The lowest BCUT2D eigenvalue weighted by molar-refractivity contribution is -0.137. The lowest BCUT2D eigenvalue weighted by Gasteiger charge is -2.06. The summed E-state index contributed by atoms with van der Waals surface area (Å²) in [4.78, 5) is 11.0. The summed E-state index contributed by atoms with van der Waals surface area (Å²) in [5.74, 6) is -0.249. The molecule has 2 rings (SSSR count). The van der Waals surface area contributed by atoms with Gasteiger partial charge in [-0.3, -0.25) is 4.79 Å². The Kier molecular flexibility index (Phi) is 4.55. The third kappa shape index (κ3) is 2.90. The molecule has 1 aromatic carbocycles. The molecule has 0 aliphatic heterocycles. The molecule has 0 atom stereocenters. The number of hydrogen-bond donors (Lipinski definition) is 1. The molecule has 0 fully saturated rings. The molecule has 0 aliphatic carbocycles. The smallest absolute Gasteiger partial charge is 0.323 e. The fourth-order valence-corrected chi connectivity index (χ4v) is 2.60. The number of aryl methyl sites for hydroxylation is 1.